The molecule has 0 unspecified atom stereocenters. The van der Waals surface area contributed by atoms with E-state index in [9.17, 15) is 0 Å². The molecule has 2 heteroatoms. The van der Waals surface area contributed by atoms with Crippen LogP contribution in [0.4, 0.5) is 0 Å². The van der Waals surface area contributed by atoms with Crippen molar-refractivity contribution in [3.05, 3.63) is 0 Å². The monoisotopic (exact) mass is 200 g/mol. The fourth-order valence-electron chi connectivity index (χ4n) is 1.53. The molecule has 2 nitrogen and oxygen atoms in total. The number of nitrogens with zero attached hydrogens (tertiary/aromatic N) is 1. The van der Waals surface area contributed by atoms with E-state index in [0.29, 0.717) is 5.41 Å². The van der Waals surface area contributed by atoms with Crippen LogP contribution in [0.25, 0.3) is 0 Å². The standard InChI is InChI=1S/C12H28N2/c1-5-8-14(9-6-2)10-7-12(3,4)11-13/h5-11,13H2,1-4H3. The highest BCUT2D eigenvalue weighted by atomic mass is 15.1. The third kappa shape index (κ3) is 6.39. The predicted octanol–water partition coefficient (Wildman–Crippen LogP) is 2.48. The maximum absolute atomic E-state index is 5.72. The summed E-state index contributed by atoms with van der Waals surface area (Å²) < 4.78 is 0. The van der Waals surface area contributed by atoms with E-state index in [4.69, 9.17) is 5.73 Å². The van der Waals surface area contributed by atoms with E-state index in [-0.39, 0.29) is 0 Å². The summed E-state index contributed by atoms with van der Waals surface area (Å²) in [6.07, 6.45) is 3.72. The zero-order chi connectivity index (χ0) is 11.0. The smallest absolute Gasteiger partial charge is 0.00132 e. The van der Waals surface area contributed by atoms with Crippen LogP contribution in [-0.2, 0) is 0 Å². The topological polar surface area (TPSA) is 29.3 Å². The summed E-state index contributed by atoms with van der Waals surface area (Å²) in [5, 5.41) is 0. The summed E-state index contributed by atoms with van der Waals surface area (Å²) in [6.45, 7) is 13.5. The Kier molecular flexibility index (Phi) is 7.20. The minimum atomic E-state index is 0.305. The average Bonchev–Trinajstić information content (AvgIpc) is 2.15. The third-order valence-corrected chi connectivity index (χ3v) is 2.74. The van der Waals surface area contributed by atoms with Gasteiger partial charge in [-0.2, -0.15) is 0 Å². The molecule has 0 saturated carbocycles. The first-order valence-corrected chi connectivity index (χ1v) is 5.98. The molecule has 14 heavy (non-hydrogen) atoms. The lowest BCUT2D eigenvalue weighted by atomic mass is 9.89. The first-order chi connectivity index (χ1) is 6.55. The fraction of sp³-hybridized carbons (Fsp3) is 1.00. The second kappa shape index (κ2) is 7.24. The molecule has 0 atom stereocenters. The van der Waals surface area contributed by atoms with Gasteiger partial charge in [-0.1, -0.05) is 27.7 Å². The van der Waals surface area contributed by atoms with Crippen molar-refractivity contribution >= 4 is 0 Å². The van der Waals surface area contributed by atoms with Gasteiger partial charge in [0.25, 0.3) is 0 Å². The van der Waals surface area contributed by atoms with Crippen molar-refractivity contribution in [2.45, 2.75) is 47.0 Å². The molecule has 0 aliphatic carbocycles. The van der Waals surface area contributed by atoms with Crippen molar-refractivity contribution in [1.29, 1.82) is 0 Å². The number of hydrogen-bond acceptors (Lipinski definition) is 2. The summed E-state index contributed by atoms with van der Waals surface area (Å²) in [7, 11) is 0. The van der Waals surface area contributed by atoms with E-state index in [1.54, 1.807) is 0 Å². The van der Waals surface area contributed by atoms with Gasteiger partial charge >= 0.3 is 0 Å². The van der Waals surface area contributed by atoms with E-state index in [2.05, 4.69) is 32.6 Å². The average molecular weight is 200 g/mol. The SMILES string of the molecule is CCCN(CCC)CCC(C)(C)CN. The highest BCUT2D eigenvalue weighted by molar-refractivity contribution is 4.71. The Morgan fingerprint density at radius 3 is 1.86 bits per heavy atom. The lowest BCUT2D eigenvalue weighted by molar-refractivity contribution is 0.221. The van der Waals surface area contributed by atoms with Gasteiger partial charge in [0.2, 0.25) is 0 Å². The molecule has 0 aliphatic heterocycles. The first kappa shape index (κ1) is 13.9. The molecule has 0 heterocycles. The van der Waals surface area contributed by atoms with Gasteiger partial charge in [-0.25, -0.2) is 0 Å². The van der Waals surface area contributed by atoms with Gasteiger partial charge in [0, 0.05) is 0 Å². The minimum absolute atomic E-state index is 0.305. The summed E-state index contributed by atoms with van der Waals surface area (Å²) in [5.41, 5.74) is 6.03. The van der Waals surface area contributed by atoms with Gasteiger partial charge in [0.05, 0.1) is 0 Å². The lowest BCUT2D eigenvalue weighted by Crippen LogP contribution is -2.32. The molecule has 0 radical (unpaired) electrons. The molecule has 0 aromatic heterocycles. The van der Waals surface area contributed by atoms with Crippen LogP contribution in [0.15, 0.2) is 0 Å². The van der Waals surface area contributed by atoms with Crippen LogP contribution in [0, 0.1) is 5.41 Å². The summed E-state index contributed by atoms with van der Waals surface area (Å²) in [5.74, 6) is 0. The molecule has 0 bridgehead atoms. The molecule has 0 aromatic carbocycles. The van der Waals surface area contributed by atoms with Crippen LogP contribution in [0.1, 0.15) is 47.0 Å². The van der Waals surface area contributed by atoms with Crippen LogP contribution in [0.3, 0.4) is 0 Å². The number of rotatable bonds is 8. The van der Waals surface area contributed by atoms with E-state index in [1.165, 1.54) is 38.9 Å². The van der Waals surface area contributed by atoms with Crippen LogP contribution in [0.2, 0.25) is 0 Å². The first-order valence-electron chi connectivity index (χ1n) is 5.98. The van der Waals surface area contributed by atoms with E-state index in [0.717, 1.165) is 6.54 Å². The van der Waals surface area contributed by atoms with Crippen molar-refractivity contribution in [1.82, 2.24) is 4.90 Å². The van der Waals surface area contributed by atoms with Gasteiger partial charge in [0.15, 0.2) is 0 Å². The van der Waals surface area contributed by atoms with Crippen molar-refractivity contribution in [2.24, 2.45) is 11.1 Å². The quantitative estimate of drug-likeness (QED) is 0.652. The highest BCUT2D eigenvalue weighted by Gasteiger charge is 2.16. The van der Waals surface area contributed by atoms with Crippen molar-refractivity contribution in [3.63, 3.8) is 0 Å². The Balaban J connectivity index is 3.80. The Morgan fingerprint density at radius 2 is 1.50 bits per heavy atom. The Labute approximate surface area is 89.9 Å². The van der Waals surface area contributed by atoms with E-state index < -0.39 is 0 Å². The summed E-state index contributed by atoms with van der Waals surface area (Å²) >= 11 is 0. The molecule has 0 rings (SSSR count). The Bertz CT molecular complexity index is 126. The predicted molar refractivity (Wildman–Crippen MR) is 64.5 cm³/mol. The fourth-order valence-corrected chi connectivity index (χ4v) is 1.53. The van der Waals surface area contributed by atoms with E-state index in [1.807, 2.05) is 0 Å². The highest BCUT2D eigenvalue weighted by Crippen LogP contribution is 2.18. The lowest BCUT2D eigenvalue weighted by Gasteiger charge is -2.28. The molecule has 86 valence electrons. The normalized spacial score (nSPS) is 12.4. The zero-order valence-electron chi connectivity index (χ0n) is 10.5. The van der Waals surface area contributed by atoms with Gasteiger partial charge in [0.1, 0.15) is 0 Å². The van der Waals surface area contributed by atoms with Crippen LogP contribution in [-0.4, -0.2) is 31.1 Å². The van der Waals surface area contributed by atoms with Gasteiger partial charge < -0.3 is 10.6 Å². The Hall–Kier alpha value is -0.0800. The second-order valence-corrected chi connectivity index (χ2v) is 4.96. The molecule has 2 N–H and O–H groups in total. The largest absolute Gasteiger partial charge is 0.330 e. The third-order valence-electron chi connectivity index (χ3n) is 2.74. The molecule has 0 spiro atoms. The van der Waals surface area contributed by atoms with Gasteiger partial charge in [-0.05, 0) is 50.9 Å². The number of hydrogen-bond donors (Lipinski definition) is 1. The minimum Gasteiger partial charge on any atom is -0.330 e. The van der Waals surface area contributed by atoms with Crippen molar-refractivity contribution < 1.29 is 0 Å². The summed E-state index contributed by atoms with van der Waals surface area (Å²) in [4.78, 5) is 2.55. The molecule has 0 aliphatic rings. The molecule has 0 amide bonds. The van der Waals surface area contributed by atoms with Crippen LogP contribution < -0.4 is 5.73 Å². The Morgan fingerprint density at radius 1 is 1.00 bits per heavy atom. The summed E-state index contributed by atoms with van der Waals surface area (Å²) in [6, 6.07) is 0. The zero-order valence-corrected chi connectivity index (χ0v) is 10.5. The molecule has 0 aromatic rings. The van der Waals surface area contributed by atoms with Crippen molar-refractivity contribution in [3.8, 4) is 0 Å². The molecular formula is C12H28N2. The van der Waals surface area contributed by atoms with Crippen molar-refractivity contribution in [2.75, 3.05) is 26.2 Å². The van der Waals surface area contributed by atoms with Crippen LogP contribution in [0.5, 0.6) is 0 Å². The second-order valence-electron chi connectivity index (χ2n) is 4.96. The van der Waals surface area contributed by atoms with E-state index >= 15 is 0 Å². The molecule has 0 saturated heterocycles. The molecular weight excluding hydrogens is 172 g/mol. The maximum Gasteiger partial charge on any atom is -0.00132 e. The van der Waals surface area contributed by atoms with Crippen LogP contribution >= 0.6 is 0 Å². The van der Waals surface area contributed by atoms with Gasteiger partial charge in [-0.15, -0.1) is 0 Å². The maximum atomic E-state index is 5.72. The number of nitrogens with two attached hydrogens (primary N) is 1. The molecule has 0 fully saturated rings. The van der Waals surface area contributed by atoms with Gasteiger partial charge in [-0.3, -0.25) is 0 Å².